The highest BCUT2D eigenvalue weighted by Gasteiger charge is 2.30. The standard InChI is InChI=1S/C24H26F3NO5S/c1-3-32-22(29)11-15-4-8-20(31-2)21(10-15)33-19-9-7-18(28-23(30)16-5-6-16)12-17(19)13-34-14-24(25,26)27/h4,7-10,12,16H,3,5-6,11,13-14H2,1-2H3,(H,28,30). The Balaban J connectivity index is 1.84. The van der Waals surface area contributed by atoms with Gasteiger partial charge in [0.1, 0.15) is 5.75 Å². The lowest BCUT2D eigenvalue weighted by molar-refractivity contribution is -0.142. The van der Waals surface area contributed by atoms with E-state index in [2.05, 4.69) is 5.32 Å². The van der Waals surface area contributed by atoms with Gasteiger partial charge in [0.05, 0.1) is 25.9 Å². The zero-order valence-electron chi connectivity index (χ0n) is 18.9. The molecule has 184 valence electrons. The van der Waals surface area contributed by atoms with E-state index in [1.165, 1.54) is 7.11 Å². The molecule has 3 rings (SSSR count). The minimum atomic E-state index is -4.30. The number of thioether (sulfide) groups is 1. The second-order valence-electron chi connectivity index (χ2n) is 7.76. The van der Waals surface area contributed by atoms with Crippen LogP contribution in [-0.2, 0) is 26.5 Å². The van der Waals surface area contributed by atoms with Crippen molar-refractivity contribution in [1.29, 1.82) is 0 Å². The first-order valence-corrected chi connectivity index (χ1v) is 11.9. The quantitative estimate of drug-likeness (QED) is 0.399. The van der Waals surface area contributed by atoms with Gasteiger partial charge in [-0.3, -0.25) is 9.59 Å². The van der Waals surface area contributed by atoms with E-state index in [9.17, 15) is 22.8 Å². The molecule has 0 unspecified atom stereocenters. The number of benzene rings is 2. The molecule has 34 heavy (non-hydrogen) atoms. The number of carbonyl (C=O) groups excluding carboxylic acids is 2. The van der Waals surface area contributed by atoms with Crippen LogP contribution in [0.4, 0.5) is 18.9 Å². The molecule has 0 aliphatic heterocycles. The van der Waals surface area contributed by atoms with Crippen LogP contribution in [0.15, 0.2) is 36.4 Å². The fourth-order valence-corrected chi connectivity index (χ4v) is 3.92. The van der Waals surface area contributed by atoms with Gasteiger partial charge in [-0.2, -0.15) is 13.2 Å². The van der Waals surface area contributed by atoms with Crippen LogP contribution in [0.25, 0.3) is 0 Å². The topological polar surface area (TPSA) is 73.9 Å². The molecule has 2 aromatic carbocycles. The third kappa shape index (κ3) is 7.86. The van der Waals surface area contributed by atoms with Gasteiger partial charge < -0.3 is 19.5 Å². The lowest BCUT2D eigenvalue weighted by atomic mass is 10.1. The van der Waals surface area contributed by atoms with E-state index in [1.807, 2.05) is 0 Å². The van der Waals surface area contributed by atoms with Gasteiger partial charge in [0.15, 0.2) is 11.5 Å². The van der Waals surface area contributed by atoms with Gasteiger partial charge in [-0.15, -0.1) is 11.8 Å². The molecule has 1 fully saturated rings. The molecule has 0 saturated heterocycles. The first-order chi connectivity index (χ1) is 16.2. The maximum Gasteiger partial charge on any atom is 0.397 e. The Bertz CT molecular complexity index is 1020. The zero-order valence-corrected chi connectivity index (χ0v) is 19.7. The molecule has 1 aliphatic rings. The summed E-state index contributed by atoms with van der Waals surface area (Å²) in [5, 5.41) is 2.81. The monoisotopic (exact) mass is 497 g/mol. The summed E-state index contributed by atoms with van der Waals surface area (Å²) < 4.78 is 54.4. The summed E-state index contributed by atoms with van der Waals surface area (Å²) >= 11 is 0.701. The van der Waals surface area contributed by atoms with Crippen molar-refractivity contribution in [1.82, 2.24) is 0 Å². The largest absolute Gasteiger partial charge is 0.493 e. The molecular weight excluding hydrogens is 471 g/mol. The fourth-order valence-electron chi connectivity index (χ4n) is 3.14. The number of amides is 1. The van der Waals surface area contributed by atoms with Gasteiger partial charge in [-0.1, -0.05) is 6.07 Å². The summed E-state index contributed by atoms with van der Waals surface area (Å²) in [7, 11) is 1.46. The summed E-state index contributed by atoms with van der Waals surface area (Å²) in [5.74, 6) is -0.463. The molecule has 1 saturated carbocycles. The molecule has 1 amide bonds. The van der Waals surface area contributed by atoms with Crippen LogP contribution in [0, 0.1) is 5.92 Å². The van der Waals surface area contributed by atoms with Gasteiger partial charge in [0.25, 0.3) is 0 Å². The number of hydrogen-bond donors (Lipinski definition) is 1. The maximum atomic E-state index is 12.7. The second-order valence-corrected chi connectivity index (χ2v) is 8.75. The van der Waals surface area contributed by atoms with Crippen molar-refractivity contribution in [3.8, 4) is 17.2 Å². The number of anilines is 1. The van der Waals surface area contributed by atoms with Gasteiger partial charge in [-0.25, -0.2) is 0 Å². The molecule has 0 aromatic heterocycles. The fraction of sp³-hybridized carbons (Fsp3) is 0.417. The molecule has 2 aromatic rings. The third-order valence-electron chi connectivity index (χ3n) is 4.90. The zero-order chi connectivity index (χ0) is 24.7. The molecule has 6 nitrogen and oxygen atoms in total. The number of hydrogen-bond acceptors (Lipinski definition) is 6. The predicted octanol–water partition coefficient (Wildman–Crippen LogP) is 5.74. The summed E-state index contributed by atoms with van der Waals surface area (Å²) in [6.45, 7) is 1.98. The van der Waals surface area contributed by atoms with Crippen LogP contribution >= 0.6 is 11.8 Å². The van der Waals surface area contributed by atoms with E-state index < -0.39 is 17.9 Å². The van der Waals surface area contributed by atoms with E-state index in [0.717, 1.165) is 12.8 Å². The molecule has 0 atom stereocenters. The minimum absolute atomic E-state index is 0.00891. The van der Waals surface area contributed by atoms with Crippen molar-refractivity contribution in [2.24, 2.45) is 5.92 Å². The van der Waals surface area contributed by atoms with Crippen molar-refractivity contribution >= 4 is 29.3 Å². The predicted molar refractivity (Wildman–Crippen MR) is 123 cm³/mol. The third-order valence-corrected chi connectivity index (χ3v) is 5.95. The van der Waals surface area contributed by atoms with E-state index in [0.29, 0.717) is 45.8 Å². The summed E-state index contributed by atoms with van der Waals surface area (Å²) in [6, 6.07) is 9.84. The SMILES string of the molecule is CCOC(=O)Cc1ccc(OC)c(Oc2ccc(NC(=O)C3CC3)cc2CSCC(F)(F)F)c1. The Morgan fingerprint density at radius 2 is 1.82 bits per heavy atom. The highest BCUT2D eigenvalue weighted by molar-refractivity contribution is 7.98. The van der Waals surface area contributed by atoms with Crippen molar-refractivity contribution in [3.05, 3.63) is 47.5 Å². The molecule has 1 aliphatic carbocycles. The molecule has 1 N–H and O–H groups in total. The van der Waals surface area contributed by atoms with Crippen LogP contribution in [-0.4, -0.2) is 37.5 Å². The summed E-state index contributed by atoms with van der Waals surface area (Å²) in [6.07, 6.45) is -2.59. The summed E-state index contributed by atoms with van der Waals surface area (Å²) in [4.78, 5) is 24.0. The number of carbonyl (C=O) groups is 2. The Labute approximate surface area is 200 Å². The van der Waals surface area contributed by atoms with Gasteiger partial charge in [0, 0.05) is 22.9 Å². The van der Waals surface area contributed by atoms with Crippen LogP contribution in [0.3, 0.4) is 0 Å². The van der Waals surface area contributed by atoms with E-state index in [4.69, 9.17) is 14.2 Å². The van der Waals surface area contributed by atoms with Crippen LogP contribution in [0.1, 0.15) is 30.9 Å². The Morgan fingerprint density at radius 1 is 1.09 bits per heavy atom. The Kier molecular flexibility index (Phi) is 8.71. The van der Waals surface area contributed by atoms with Gasteiger partial charge in [-0.05, 0) is 55.7 Å². The molecule has 0 bridgehead atoms. The first kappa shape index (κ1) is 25.7. The minimum Gasteiger partial charge on any atom is -0.493 e. The normalized spacial score (nSPS) is 13.3. The summed E-state index contributed by atoms with van der Waals surface area (Å²) in [5.41, 5.74) is 1.62. The smallest absolute Gasteiger partial charge is 0.397 e. The van der Waals surface area contributed by atoms with Crippen molar-refractivity contribution in [3.63, 3.8) is 0 Å². The van der Waals surface area contributed by atoms with E-state index in [-0.39, 0.29) is 30.6 Å². The maximum absolute atomic E-state index is 12.7. The molecule has 0 radical (unpaired) electrons. The highest BCUT2D eigenvalue weighted by Crippen LogP contribution is 2.37. The molecular formula is C24H26F3NO5S. The van der Waals surface area contributed by atoms with Gasteiger partial charge >= 0.3 is 12.1 Å². The van der Waals surface area contributed by atoms with Crippen LogP contribution in [0.5, 0.6) is 17.2 Å². The highest BCUT2D eigenvalue weighted by atomic mass is 32.2. The lowest BCUT2D eigenvalue weighted by Gasteiger charge is -2.16. The van der Waals surface area contributed by atoms with Crippen molar-refractivity contribution in [2.45, 2.75) is 38.1 Å². The number of ether oxygens (including phenoxy) is 3. The molecule has 10 heteroatoms. The second kappa shape index (κ2) is 11.5. The van der Waals surface area contributed by atoms with E-state index >= 15 is 0 Å². The molecule has 0 heterocycles. The van der Waals surface area contributed by atoms with Crippen molar-refractivity contribution < 1.29 is 37.0 Å². The van der Waals surface area contributed by atoms with Crippen LogP contribution < -0.4 is 14.8 Å². The average Bonchev–Trinajstić information content (AvgIpc) is 3.60. The number of rotatable bonds is 11. The lowest BCUT2D eigenvalue weighted by Crippen LogP contribution is -2.13. The number of methoxy groups -OCH3 is 1. The number of nitrogens with one attached hydrogen (secondary N) is 1. The van der Waals surface area contributed by atoms with Crippen LogP contribution in [0.2, 0.25) is 0 Å². The Morgan fingerprint density at radius 3 is 2.47 bits per heavy atom. The Hall–Kier alpha value is -2.88. The number of alkyl halides is 3. The average molecular weight is 498 g/mol. The van der Waals surface area contributed by atoms with Crippen molar-refractivity contribution in [2.75, 3.05) is 24.8 Å². The molecule has 0 spiro atoms. The van der Waals surface area contributed by atoms with E-state index in [1.54, 1.807) is 43.3 Å². The number of halogens is 3. The number of esters is 1. The van der Waals surface area contributed by atoms with Gasteiger partial charge in [0.2, 0.25) is 5.91 Å². The first-order valence-electron chi connectivity index (χ1n) is 10.8.